The maximum absolute atomic E-state index is 12.4. The average Bonchev–Trinajstić information content (AvgIpc) is 2.91. The molecule has 1 unspecified atom stereocenters. The predicted molar refractivity (Wildman–Crippen MR) is 71.9 cm³/mol. The molecule has 2 heterocycles. The molecule has 19 heavy (non-hydrogen) atoms. The summed E-state index contributed by atoms with van der Waals surface area (Å²) in [5, 5.41) is 0. The lowest BCUT2D eigenvalue weighted by molar-refractivity contribution is 0.0706. The molecule has 1 aliphatic heterocycles. The van der Waals surface area contributed by atoms with Crippen molar-refractivity contribution in [1.29, 1.82) is 0 Å². The second-order valence-corrected chi connectivity index (χ2v) is 5.12. The highest BCUT2D eigenvalue weighted by Crippen LogP contribution is 2.18. The molecule has 0 bridgehead atoms. The summed E-state index contributed by atoms with van der Waals surface area (Å²) in [6.45, 7) is 5.23. The molecule has 1 fully saturated rings. The lowest BCUT2D eigenvalue weighted by Gasteiger charge is -2.23. The highest BCUT2D eigenvalue weighted by Gasteiger charge is 2.27. The van der Waals surface area contributed by atoms with E-state index in [0.717, 1.165) is 6.42 Å². The topological polar surface area (TPSA) is 81.3 Å². The van der Waals surface area contributed by atoms with Crippen LogP contribution in [0, 0.1) is 0 Å². The zero-order valence-corrected chi connectivity index (χ0v) is 11.6. The summed E-state index contributed by atoms with van der Waals surface area (Å²) >= 11 is 0. The summed E-state index contributed by atoms with van der Waals surface area (Å²) in [4.78, 5) is 22.5. The van der Waals surface area contributed by atoms with Gasteiger partial charge in [0.25, 0.3) is 5.91 Å². The van der Waals surface area contributed by atoms with Crippen molar-refractivity contribution in [2.75, 3.05) is 26.0 Å². The molecule has 2 N–H and O–H groups in total. The van der Waals surface area contributed by atoms with Crippen molar-refractivity contribution in [2.24, 2.45) is 0 Å². The van der Waals surface area contributed by atoms with Gasteiger partial charge < -0.3 is 15.4 Å². The number of hydrogen-bond acceptors (Lipinski definition) is 5. The van der Waals surface area contributed by atoms with Crippen molar-refractivity contribution < 1.29 is 9.53 Å². The molecule has 1 atom stereocenters. The molecule has 1 aromatic heterocycles. The van der Waals surface area contributed by atoms with E-state index in [1.54, 1.807) is 11.9 Å². The zero-order valence-electron chi connectivity index (χ0n) is 11.6. The second kappa shape index (κ2) is 5.52. The molecule has 104 valence electrons. The van der Waals surface area contributed by atoms with Crippen LogP contribution in [0.3, 0.4) is 0 Å². The highest BCUT2D eigenvalue weighted by molar-refractivity contribution is 5.97. The van der Waals surface area contributed by atoms with E-state index < -0.39 is 0 Å². The fraction of sp³-hybridized carbons (Fsp3) is 0.615. The Morgan fingerprint density at radius 3 is 2.89 bits per heavy atom. The van der Waals surface area contributed by atoms with Crippen molar-refractivity contribution in [3.8, 4) is 0 Å². The van der Waals surface area contributed by atoms with Crippen molar-refractivity contribution in [1.82, 2.24) is 14.9 Å². The third-order valence-electron chi connectivity index (χ3n) is 3.33. The Morgan fingerprint density at radius 2 is 2.32 bits per heavy atom. The predicted octanol–water partition coefficient (Wildman–Crippen LogP) is 1.04. The minimum atomic E-state index is -0.169. The fourth-order valence-electron chi connectivity index (χ4n) is 2.01. The van der Waals surface area contributed by atoms with Gasteiger partial charge in [0.1, 0.15) is 5.82 Å². The number of aromatic nitrogens is 2. The van der Waals surface area contributed by atoms with Gasteiger partial charge in [-0.05, 0) is 6.42 Å². The lowest BCUT2D eigenvalue weighted by Crippen LogP contribution is -2.38. The van der Waals surface area contributed by atoms with E-state index in [-0.39, 0.29) is 23.6 Å². The molecule has 0 radical (unpaired) electrons. The Bertz CT molecular complexity index is 470. The van der Waals surface area contributed by atoms with Crippen LogP contribution in [-0.4, -0.2) is 47.1 Å². The first-order chi connectivity index (χ1) is 9.00. The first-order valence-electron chi connectivity index (χ1n) is 6.48. The van der Waals surface area contributed by atoms with Crippen LogP contribution >= 0.6 is 0 Å². The summed E-state index contributed by atoms with van der Waals surface area (Å²) in [5.74, 6) is 0.623. The summed E-state index contributed by atoms with van der Waals surface area (Å²) in [7, 11) is 1.76. The molecule has 1 amide bonds. The molecule has 6 nitrogen and oxygen atoms in total. The van der Waals surface area contributed by atoms with Crippen molar-refractivity contribution in [2.45, 2.75) is 32.2 Å². The van der Waals surface area contributed by atoms with Gasteiger partial charge in [-0.3, -0.25) is 4.79 Å². The molecule has 0 spiro atoms. The van der Waals surface area contributed by atoms with Crippen LogP contribution < -0.4 is 5.73 Å². The molecule has 0 aromatic carbocycles. The average molecular weight is 264 g/mol. The SMILES string of the molecule is CC(C)c1ncc(N)c(C(=O)N(C)C2CCOC2)n1. The van der Waals surface area contributed by atoms with Gasteiger partial charge in [-0.1, -0.05) is 13.8 Å². The van der Waals surface area contributed by atoms with Crippen LogP contribution in [0.25, 0.3) is 0 Å². The number of nitrogen functional groups attached to an aromatic ring is 1. The van der Waals surface area contributed by atoms with Gasteiger partial charge >= 0.3 is 0 Å². The van der Waals surface area contributed by atoms with Gasteiger partial charge in [-0.15, -0.1) is 0 Å². The first kappa shape index (κ1) is 13.7. The molecular formula is C13H20N4O2. The molecular weight excluding hydrogens is 244 g/mol. The lowest BCUT2D eigenvalue weighted by atomic mass is 10.2. The molecule has 1 saturated heterocycles. The largest absolute Gasteiger partial charge is 0.396 e. The molecule has 0 aliphatic carbocycles. The van der Waals surface area contributed by atoms with Gasteiger partial charge in [0.05, 0.1) is 24.5 Å². The molecule has 1 aliphatic rings. The standard InChI is InChI=1S/C13H20N4O2/c1-8(2)12-15-6-10(14)11(16-12)13(18)17(3)9-4-5-19-7-9/h6,8-9H,4-5,7,14H2,1-3H3. The Hall–Kier alpha value is -1.69. The number of amides is 1. The number of ether oxygens (including phenoxy) is 1. The van der Waals surface area contributed by atoms with E-state index in [0.29, 0.717) is 24.7 Å². The number of carbonyl (C=O) groups is 1. The molecule has 6 heteroatoms. The number of nitrogens with zero attached hydrogens (tertiary/aromatic N) is 3. The Kier molecular flexibility index (Phi) is 3.99. The van der Waals surface area contributed by atoms with Crippen LogP contribution in [0.15, 0.2) is 6.20 Å². The van der Waals surface area contributed by atoms with E-state index >= 15 is 0 Å². The molecule has 0 saturated carbocycles. The van der Waals surface area contributed by atoms with Gasteiger partial charge in [0.2, 0.25) is 0 Å². The zero-order chi connectivity index (χ0) is 14.0. The third-order valence-corrected chi connectivity index (χ3v) is 3.33. The van der Waals surface area contributed by atoms with Crippen molar-refractivity contribution in [3.05, 3.63) is 17.7 Å². The number of hydrogen-bond donors (Lipinski definition) is 1. The Balaban J connectivity index is 2.24. The van der Waals surface area contributed by atoms with Crippen LogP contribution in [0.1, 0.15) is 42.5 Å². The maximum atomic E-state index is 12.4. The van der Waals surface area contributed by atoms with E-state index in [2.05, 4.69) is 9.97 Å². The van der Waals surface area contributed by atoms with Crippen LogP contribution in [-0.2, 0) is 4.74 Å². The van der Waals surface area contributed by atoms with Crippen LogP contribution in [0.4, 0.5) is 5.69 Å². The summed E-state index contributed by atoms with van der Waals surface area (Å²) in [6, 6.07) is 0.101. The van der Waals surface area contributed by atoms with E-state index in [4.69, 9.17) is 10.5 Å². The van der Waals surface area contributed by atoms with E-state index in [1.807, 2.05) is 13.8 Å². The van der Waals surface area contributed by atoms with Crippen molar-refractivity contribution in [3.63, 3.8) is 0 Å². The number of anilines is 1. The quantitative estimate of drug-likeness (QED) is 0.882. The number of likely N-dealkylation sites (N-methyl/N-ethyl adjacent to an activating group) is 1. The summed E-state index contributed by atoms with van der Waals surface area (Å²) in [5.41, 5.74) is 6.43. The van der Waals surface area contributed by atoms with Gasteiger partial charge in [0, 0.05) is 19.6 Å². The smallest absolute Gasteiger partial charge is 0.274 e. The van der Waals surface area contributed by atoms with Gasteiger partial charge in [-0.2, -0.15) is 0 Å². The third kappa shape index (κ3) is 2.84. The Morgan fingerprint density at radius 1 is 1.58 bits per heavy atom. The first-order valence-corrected chi connectivity index (χ1v) is 6.48. The fourth-order valence-corrected chi connectivity index (χ4v) is 2.01. The highest BCUT2D eigenvalue weighted by atomic mass is 16.5. The molecule has 1 aromatic rings. The maximum Gasteiger partial charge on any atom is 0.274 e. The van der Waals surface area contributed by atoms with Gasteiger partial charge in [-0.25, -0.2) is 9.97 Å². The van der Waals surface area contributed by atoms with Crippen LogP contribution in [0.5, 0.6) is 0 Å². The second-order valence-electron chi connectivity index (χ2n) is 5.12. The normalized spacial score (nSPS) is 18.8. The Labute approximate surface area is 113 Å². The van der Waals surface area contributed by atoms with E-state index in [9.17, 15) is 4.79 Å². The van der Waals surface area contributed by atoms with E-state index in [1.165, 1.54) is 6.20 Å². The number of nitrogens with two attached hydrogens (primary N) is 1. The number of rotatable bonds is 3. The summed E-state index contributed by atoms with van der Waals surface area (Å²) in [6.07, 6.45) is 2.36. The van der Waals surface area contributed by atoms with Crippen LogP contribution in [0.2, 0.25) is 0 Å². The summed E-state index contributed by atoms with van der Waals surface area (Å²) < 4.78 is 5.30. The van der Waals surface area contributed by atoms with Crippen molar-refractivity contribution >= 4 is 11.6 Å². The number of carbonyl (C=O) groups excluding carboxylic acids is 1. The molecule has 2 rings (SSSR count). The minimum Gasteiger partial charge on any atom is -0.396 e. The minimum absolute atomic E-state index is 0.101. The monoisotopic (exact) mass is 264 g/mol. The van der Waals surface area contributed by atoms with Gasteiger partial charge in [0.15, 0.2) is 5.69 Å².